The van der Waals surface area contributed by atoms with Gasteiger partial charge in [0.1, 0.15) is 0 Å². The number of rotatable bonds is 6. The Bertz CT molecular complexity index is 265. The second-order valence-electron chi connectivity index (χ2n) is 5.12. The summed E-state index contributed by atoms with van der Waals surface area (Å²) >= 11 is 0. The summed E-state index contributed by atoms with van der Waals surface area (Å²) in [4.78, 5) is 0. The minimum Gasteiger partial charge on any atom is -0.0651 e. The van der Waals surface area contributed by atoms with Crippen molar-refractivity contribution in [1.29, 1.82) is 0 Å². The third-order valence-electron chi connectivity index (χ3n) is 4.06. The highest BCUT2D eigenvalue weighted by Crippen LogP contribution is 2.29. The predicted molar refractivity (Wildman–Crippen MR) is 72.5 cm³/mol. The first kappa shape index (κ1) is 13.3. The van der Waals surface area contributed by atoms with Gasteiger partial charge in [0.05, 0.1) is 0 Å². The maximum absolute atomic E-state index is 2.40. The predicted octanol–water partition coefficient (Wildman–Crippen LogP) is 4.94. The molecule has 90 valence electrons. The fraction of sp³-hybridized carbons (Fsp3) is 0.625. The summed E-state index contributed by atoms with van der Waals surface area (Å²) in [5.74, 6) is 2.49. The SMILES string of the molecule is CCC(C)C(Cc1ccccc1)C(C)CC. The largest absolute Gasteiger partial charge is 0.0651 e. The van der Waals surface area contributed by atoms with Crippen LogP contribution in [-0.2, 0) is 6.42 Å². The molecule has 0 fully saturated rings. The molecule has 0 nitrogen and oxygen atoms in total. The molecule has 0 heteroatoms. The van der Waals surface area contributed by atoms with Crippen molar-refractivity contribution in [3.63, 3.8) is 0 Å². The molecule has 0 radical (unpaired) electrons. The summed E-state index contributed by atoms with van der Waals surface area (Å²) in [6.07, 6.45) is 3.83. The van der Waals surface area contributed by atoms with E-state index in [2.05, 4.69) is 58.0 Å². The van der Waals surface area contributed by atoms with E-state index in [1.165, 1.54) is 24.8 Å². The number of hydrogen-bond acceptors (Lipinski definition) is 0. The molecule has 0 bridgehead atoms. The quantitative estimate of drug-likeness (QED) is 0.634. The molecule has 1 aromatic rings. The van der Waals surface area contributed by atoms with Gasteiger partial charge in [0, 0.05) is 0 Å². The Hall–Kier alpha value is -0.780. The molecule has 0 aliphatic carbocycles. The van der Waals surface area contributed by atoms with Crippen molar-refractivity contribution < 1.29 is 0 Å². The zero-order chi connectivity index (χ0) is 12.0. The molecule has 0 amide bonds. The van der Waals surface area contributed by atoms with Gasteiger partial charge in [-0.05, 0) is 29.7 Å². The third kappa shape index (κ3) is 3.66. The first-order valence-corrected chi connectivity index (χ1v) is 6.72. The van der Waals surface area contributed by atoms with Crippen LogP contribution in [0.5, 0.6) is 0 Å². The van der Waals surface area contributed by atoms with Crippen LogP contribution in [-0.4, -0.2) is 0 Å². The summed E-state index contributed by atoms with van der Waals surface area (Å²) in [6.45, 7) is 9.43. The molecule has 16 heavy (non-hydrogen) atoms. The van der Waals surface area contributed by atoms with E-state index in [1.807, 2.05) is 0 Å². The number of hydrogen-bond donors (Lipinski definition) is 0. The van der Waals surface area contributed by atoms with Crippen LogP contribution in [0.4, 0.5) is 0 Å². The normalized spacial score (nSPS) is 16.8. The minimum absolute atomic E-state index is 0.829. The standard InChI is InChI=1S/C16H26/c1-5-13(3)16(14(4)6-2)12-15-10-8-7-9-11-15/h7-11,13-14,16H,5-6,12H2,1-4H3. The van der Waals surface area contributed by atoms with Gasteiger partial charge in [-0.1, -0.05) is 70.9 Å². The molecule has 0 aliphatic heterocycles. The Kier molecular flexibility index (Phi) is 5.59. The van der Waals surface area contributed by atoms with E-state index in [1.54, 1.807) is 0 Å². The minimum atomic E-state index is 0.829. The lowest BCUT2D eigenvalue weighted by Crippen LogP contribution is -2.21. The van der Waals surface area contributed by atoms with Gasteiger partial charge in [-0.25, -0.2) is 0 Å². The summed E-state index contributed by atoms with van der Waals surface area (Å²) < 4.78 is 0. The third-order valence-corrected chi connectivity index (χ3v) is 4.06. The van der Waals surface area contributed by atoms with E-state index >= 15 is 0 Å². The van der Waals surface area contributed by atoms with E-state index in [9.17, 15) is 0 Å². The topological polar surface area (TPSA) is 0 Å². The van der Waals surface area contributed by atoms with Gasteiger partial charge in [-0.15, -0.1) is 0 Å². The van der Waals surface area contributed by atoms with Gasteiger partial charge in [0.25, 0.3) is 0 Å². The molecule has 0 heterocycles. The molecular weight excluding hydrogens is 192 g/mol. The lowest BCUT2D eigenvalue weighted by Gasteiger charge is -2.28. The van der Waals surface area contributed by atoms with E-state index < -0.39 is 0 Å². The molecule has 0 spiro atoms. The van der Waals surface area contributed by atoms with Gasteiger partial charge in [-0.2, -0.15) is 0 Å². The van der Waals surface area contributed by atoms with Gasteiger partial charge in [0.2, 0.25) is 0 Å². The van der Waals surface area contributed by atoms with Crippen LogP contribution < -0.4 is 0 Å². The van der Waals surface area contributed by atoms with Crippen molar-refractivity contribution in [2.75, 3.05) is 0 Å². The Morgan fingerprint density at radius 2 is 1.38 bits per heavy atom. The molecule has 2 unspecified atom stereocenters. The maximum atomic E-state index is 2.40. The molecule has 0 saturated carbocycles. The van der Waals surface area contributed by atoms with Crippen LogP contribution in [0.15, 0.2) is 30.3 Å². The lowest BCUT2D eigenvalue weighted by atomic mass is 9.77. The van der Waals surface area contributed by atoms with E-state index in [4.69, 9.17) is 0 Å². The van der Waals surface area contributed by atoms with Crippen molar-refractivity contribution in [2.24, 2.45) is 17.8 Å². The average Bonchev–Trinajstić information content (AvgIpc) is 2.35. The van der Waals surface area contributed by atoms with Crippen molar-refractivity contribution in [2.45, 2.75) is 47.0 Å². The van der Waals surface area contributed by atoms with Crippen molar-refractivity contribution in [3.8, 4) is 0 Å². The molecule has 2 atom stereocenters. The molecular formula is C16H26. The van der Waals surface area contributed by atoms with Crippen molar-refractivity contribution >= 4 is 0 Å². The van der Waals surface area contributed by atoms with Crippen LogP contribution >= 0.6 is 0 Å². The highest BCUT2D eigenvalue weighted by Gasteiger charge is 2.21. The first-order chi connectivity index (χ1) is 7.69. The Labute approximate surface area is 101 Å². The van der Waals surface area contributed by atoms with E-state index in [0.717, 1.165) is 17.8 Å². The zero-order valence-corrected chi connectivity index (χ0v) is 11.2. The Morgan fingerprint density at radius 3 is 1.81 bits per heavy atom. The smallest absolute Gasteiger partial charge is 0.0245 e. The van der Waals surface area contributed by atoms with Gasteiger partial charge < -0.3 is 0 Å². The zero-order valence-electron chi connectivity index (χ0n) is 11.2. The Balaban J connectivity index is 2.71. The average molecular weight is 218 g/mol. The van der Waals surface area contributed by atoms with Crippen LogP contribution in [0.25, 0.3) is 0 Å². The van der Waals surface area contributed by atoms with Gasteiger partial charge in [0.15, 0.2) is 0 Å². The van der Waals surface area contributed by atoms with Crippen LogP contribution in [0.1, 0.15) is 46.1 Å². The highest BCUT2D eigenvalue weighted by atomic mass is 14.3. The van der Waals surface area contributed by atoms with Crippen molar-refractivity contribution in [1.82, 2.24) is 0 Å². The van der Waals surface area contributed by atoms with Crippen LogP contribution in [0.3, 0.4) is 0 Å². The second-order valence-corrected chi connectivity index (χ2v) is 5.12. The molecule has 0 saturated heterocycles. The second kappa shape index (κ2) is 6.73. The van der Waals surface area contributed by atoms with Gasteiger partial charge >= 0.3 is 0 Å². The highest BCUT2D eigenvalue weighted by molar-refractivity contribution is 5.15. The fourth-order valence-corrected chi connectivity index (χ4v) is 2.45. The summed E-state index contributed by atoms with van der Waals surface area (Å²) in [6, 6.07) is 10.9. The van der Waals surface area contributed by atoms with Crippen LogP contribution in [0.2, 0.25) is 0 Å². The van der Waals surface area contributed by atoms with Crippen molar-refractivity contribution in [3.05, 3.63) is 35.9 Å². The number of benzene rings is 1. The van der Waals surface area contributed by atoms with E-state index in [-0.39, 0.29) is 0 Å². The lowest BCUT2D eigenvalue weighted by molar-refractivity contribution is 0.241. The van der Waals surface area contributed by atoms with Gasteiger partial charge in [-0.3, -0.25) is 0 Å². The van der Waals surface area contributed by atoms with Crippen LogP contribution in [0, 0.1) is 17.8 Å². The molecule has 0 N–H and O–H groups in total. The Morgan fingerprint density at radius 1 is 0.875 bits per heavy atom. The summed E-state index contributed by atoms with van der Waals surface area (Å²) in [5.41, 5.74) is 1.49. The molecule has 0 aliphatic rings. The molecule has 0 aromatic heterocycles. The van der Waals surface area contributed by atoms with E-state index in [0.29, 0.717) is 0 Å². The first-order valence-electron chi connectivity index (χ1n) is 6.72. The summed E-state index contributed by atoms with van der Waals surface area (Å²) in [5, 5.41) is 0. The maximum Gasteiger partial charge on any atom is -0.0245 e. The summed E-state index contributed by atoms with van der Waals surface area (Å²) in [7, 11) is 0. The molecule has 1 rings (SSSR count). The molecule has 1 aromatic carbocycles. The fourth-order valence-electron chi connectivity index (χ4n) is 2.45. The monoisotopic (exact) mass is 218 g/mol.